The molecule has 0 spiro atoms. The minimum atomic E-state index is -0.174. The number of carbonyl (C=O) groups is 1. The van der Waals surface area contributed by atoms with Crippen molar-refractivity contribution in [2.45, 2.75) is 11.4 Å². The lowest BCUT2D eigenvalue weighted by Crippen LogP contribution is -2.14. The average molecular weight is 405 g/mol. The summed E-state index contributed by atoms with van der Waals surface area (Å²) in [7, 11) is 1.85. The lowest BCUT2D eigenvalue weighted by atomic mass is 10.1. The van der Waals surface area contributed by atoms with Crippen LogP contribution in [0.3, 0.4) is 0 Å². The summed E-state index contributed by atoms with van der Waals surface area (Å²) in [4.78, 5) is 12.6. The SMILES string of the molecule is Cc1ccc(NC(=O)c2nn(C)c3ccccc23)c(CI)c1. The number of hydrogen-bond donors (Lipinski definition) is 1. The van der Waals surface area contributed by atoms with Crippen LogP contribution in [0.1, 0.15) is 21.6 Å². The molecule has 0 bridgehead atoms. The number of benzene rings is 2. The van der Waals surface area contributed by atoms with Crippen molar-refractivity contribution in [3.63, 3.8) is 0 Å². The molecule has 3 rings (SSSR count). The summed E-state index contributed by atoms with van der Waals surface area (Å²) in [5.74, 6) is -0.174. The molecule has 1 N–H and O–H groups in total. The normalized spacial score (nSPS) is 10.9. The second kappa shape index (κ2) is 6.08. The molecule has 0 unspecified atom stereocenters. The van der Waals surface area contributed by atoms with Crippen LogP contribution in [0.4, 0.5) is 5.69 Å². The largest absolute Gasteiger partial charge is 0.320 e. The Labute approximate surface area is 142 Å². The van der Waals surface area contributed by atoms with Crippen LogP contribution in [0.2, 0.25) is 0 Å². The van der Waals surface area contributed by atoms with Gasteiger partial charge < -0.3 is 5.32 Å². The Balaban J connectivity index is 1.97. The third-order valence-electron chi connectivity index (χ3n) is 3.63. The molecule has 3 aromatic rings. The van der Waals surface area contributed by atoms with Crippen LogP contribution in [0.15, 0.2) is 42.5 Å². The van der Waals surface area contributed by atoms with Crippen LogP contribution in [0.5, 0.6) is 0 Å². The average Bonchev–Trinajstić information content (AvgIpc) is 2.87. The van der Waals surface area contributed by atoms with Gasteiger partial charge in [-0.3, -0.25) is 9.48 Å². The van der Waals surface area contributed by atoms with Gasteiger partial charge in [-0.15, -0.1) is 0 Å². The number of nitrogens with zero attached hydrogens (tertiary/aromatic N) is 2. The fraction of sp³-hybridized carbons (Fsp3) is 0.176. The van der Waals surface area contributed by atoms with Gasteiger partial charge in [-0.25, -0.2) is 0 Å². The Hall–Kier alpha value is -1.89. The number of aryl methyl sites for hydroxylation is 2. The number of rotatable bonds is 3. The number of halogens is 1. The first kappa shape index (κ1) is 15.0. The second-order valence-electron chi connectivity index (χ2n) is 5.24. The fourth-order valence-corrected chi connectivity index (χ4v) is 3.15. The molecule has 4 nitrogen and oxygen atoms in total. The lowest BCUT2D eigenvalue weighted by Gasteiger charge is -2.09. The molecule has 112 valence electrons. The summed E-state index contributed by atoms with van der Waals surface area (Å²) in [6, 6.07) is 13.8. The first-order valence-electron chi connectivity index (χ1n) is 6.98. The first-order chi connectivity index (χ1) is 10.6. The van der Waals surface area contributed by atoms with Crippen molar-refractivity contribution in [3.8, 4) is 0 Å². The summed E-state index contributed by atoms with van der Waals surface area (Å²) >= 11 is 2.30. The number of hydrogen-bond acceptors (Lipinski definition) is 2. The van der Waals surface area contributed by atoms with Gasteiger partial charge in [-0.2, -0.15) is 5.10 Å². The van der Waals surface area contributed by atoms with Crippen molar-refractivity contribution in [3.05, 3.63) is 59.3 Å². The number of anilines is 1. The predicted octanol–water partition coefficient (Wildman–Crippen LogP) is 4.07. The number of aromatic nitrogens is 2. The van der Waals surface area contributed by atoms with Crippen LogP contribution in [0, 0.1) is 6.92 Å². The number of fused-ring (bicyclic) bond motifs is 1. The van der Waals surface area contributed by atoms with Crippen molar-refractivity contribution in [2.24, 2.45) is 7.05 Å². The summed E-state index contributed by atoms with van der Waals surface area (Å²) in [5.41, 5.74) is 4.56. The van der Waals surface area contributed by atoms with E-state index in [-0.39, 0.29) is 5.91 Å². The number of amides is 1. The fourth-order valence-electron chi connectivity index (χ4n) is 2.52. The molecule has 0 aliphatic heterocycles. The van der Waals surface area contributed by atoms with E-state index < -0.39 is 0 Å². The minimum absolute atomic E-state index is 0.174. The van der Waals surface area contributed by atoms with Crippen LogP contribution in [-0.4, -0.2) is 15.7 Å². The third kappa shape index (κ3) is 2.72. The second-order valence-corrected chi connectivity index (χ2v) is 6.00. The molecule has 2 aromatic carbocycles. The molecular weight excluding hydrogens is 389 g/mol. The molecule has 0 aliphatic rings. The van der Waals surface area contributed by atoms with Crippen LogP contribution < -0.4 is 5.32 Å². The molecule has 22 heavy (non-hydrogen) atoms. The predicted molar refractivity (Wildman–Crippen MR) is 97.6 cm³/mol. The molecule has 0 aliphatic carbocycles. The maximum absolute atomic E-state index is 12.6. The summed E-state index contributed by atoms with van der Waals surface area (Å²) in [6.07, 6.45) is 0. The minimum Gasteiger partial charge on any atom is -0.320 e. The van der Waals surface area contributed by atoms with E-state index >= 15 is 0 Å². The highest BCUT2D eigenvalue weighted by atomic mass is 127. The van der Waals surface area contributed by atoms with Crippen molar-refractivity contribution >= 4 is 45.1 Å². The molecule has 5 heteroatoms. The zero-order valence-electron chi connectivity index (χ0n) is 12.4. The Morgan fingerprint density at radius 1 is 1.27 bits per heavy atom. The van der Waals surface area contributed by atoms with Gasteiger partial charge in [0, 0.05) is 22.5 Å². The number of para-hydroxylation sites is 1. The van der Waals surface area contributed by atoms with Gasteiger partial charge >= 0.3 is 0 Å². The van der Waals surface area contributed by atoms with E-state index in [4.69, 9.17) is 0 Å². The lowest BCUT2D eigenvalue weighted by molar-refractivity contribution is 0.102. The smallest absolute Gasteiger partial charge is 0.276 e. The molecule has 0 radical (unpaired) electrons. The summed E-state index contributed by atoms with van der Waals surface area (Å²) in [6.45, 7) is 2.05. The Morgan fingerprint density at radius 2 is 2.05 bits per heavy atom. The molecule has 1 amide bonds. The van der Waals surface area contributed by atoms with Gasteiger partial charge in [0.25, 0.3) is 5.91 Å². The van der Waals surface area contributed by atoms with Gasteiger partial charge in [0.2, 0.25) is 0 Å². The van der Waals surface area contributed by atoms with Gasteiger partial charge in [0.05, 0.1) is 5.52 Å². The Bertz CT molecular complexity index is 854. The van der Waals surface area contributed by atoms with E-state index in [1.807, 2.05) is 50.4 Å². The number of nitrogens with one attached hydrogen (secondary N) is 1. The van der Waals surface area contributed by atoms with Gasteiger partial charge in [0.15, 0.2) is 5.69 Å². The molecule has 0 saturated heterocycles. The maximum Gasteiger partial charge on any atom is 0.276 e. The van der Waals surface area contributed by atoms with E-state index in [1.54, 1.807) is 4.68 Å². The summed E-state index contributed by atoms with van der Waals surface area (Å²) in [5, 5.41) is 8.22. The zero-order chi connectivity index (χ0) is 15.7. The maximum atomic E-state index is 12.6. The van der Waals surface area contributed by atoms with E-state index in [1.165, 1.54) is 5.56 Å². The van der Waals surface area contributed by atoms with E-state index in [0.717, 1.165) is 26.6 Å². The van der Waals surface area contributed by atoms with Gasteiger partial charge in [-0.1, -0.05) is 58.5 Å². The number of carbonyl (C=O) groups excluding carboxylic acids is 1. The van der Waals surface area contributed by atoms with Crippen LogP contribution >= 0.6 is 22.6 Å². The standard InChI is InChI=1S/C17H16IN3O/c1-11-7-8-14(12(9-11)10-18)19-17(22)16-13-5-3-4-6-15(13)21(2)20-16/h3-9H,10H2,1-2H3,(H,19,22). The number of alkyl halides is 1. The monoisotopic (exact) mass is 405 g/mol. The van der Waals surface area contributed by atoms with E-state index in [9.17, 15) is 4.79 Å². The molecule has 1 aromatic heterocycles. The van der Waals surface area contributed by atoms with Crippen molar-refractivity contribution in [1.29, 1.82) is 0 Å². The molecule has 0 saturated carbocycles. The molecule has 1 heterocycles. The quantitative estimate of drug-likeness (QED) is 0.528. The Kier molecular flexibility index (Phi) is 4.15. The van der Waals surface area contributed by atoms with E-state index in [0.29, 0.717) is 5.69 Å². The molecular formula is C17H16IN3O. The summed E-state index contributed by atoms with van der Waals surface area (Å²) < 4.78 is 2.58. The zero-order valence-corrected chi connectivity index (χ0v) is 14.6. The molecule has 0 fully saturated rings. The van der Waals surface area contributed by atoms with E-state index in [2.05, 4.69) is 39.1 Å². The van der Waals surface area contributed by atoms with Crippen molar-refractivity contribution in [1.82, 2.24) is 9.78 Å². The topological polar surface area (TPSA) is 46.9 Å². The molecule has 0 atom stereocenters. The highest BCUT2D eigenvalue weighted by Crippen LogP contribution is 2.23. The third-order valence-corrected chi connectivity index (χ3v) is 4.45. The van der Waals surface area contributed by atoms with Gasteiger partial charge in [0.1, 0.15) is 0 Å². The Morgan fingerprint density at radius 3 is 2.82 bits per heavy atom. The van der Waals surface area contributed by atoms with Gasteiger partial charge in [-0.05, 0) is 24.6 Å². The van der Waals surface area contributed by atoms with Crippen LogP contribution in [-0.2, 0) is 11.5 Å². The highest BCUT2D eigenvalue weighted by molar-refractivity contribution is 14.1. The van der Waals surface area contributed by atoms with Crippen molar-refractivity contribution < 1.29 is 4.79 Å². The first-order valence-corrected chi connectivity index (χ1v) is 8.51. The van der Waals surface area contributed by atoms with Crippen molar-refractivity contribution in [2.75, 3.05) is 5.32 Å². The van der Waals surface area contributed by atoms with Crippen LogP contribution in [0.25, 0.3) is 10.9 Å². The highest BCUT2D eigenvalue weighted by Gasteiger charge is 2.16.